The van der Waals surface area contributed by atoms with Crippen molar-refractivity contribution in [2.45, 2.75) is 17.7 Å². The average molecular weight is 465 g/mol. The van der Waals surface area contributed by atoms with Gasteiger partial charge in [-0.3, -0.25) is 4.79 Å². The zero-order chi connectivity index (χ0) is 23.0. The smallest absolute Gasteiger partial charge is 0.339 e. The Morgan fingerprint density at radius 1 is 0.818 bits per heavy atom. The Kier molecular flexibility index (Phi) is 5.64. The molecule has 170 valence electrons. The molecule has 0 spiro atoms. The third-order valence-electron chi connectivity index (χ3n) is 6.40. The lowest BCUT2D eigenvalue weighted by atomic mass is 10.00. The highest BCUT2D eigenvalue weighted by molar-refractivity contribution is 7.89. The maximum absolute atomic E-state index is 12.7. The minimum absolute atomic E-state index is 0.200. The zero-order valence-electron chi connectivity index (χ0n) is 18.1. The summed E-state index contributed by atoms with van der Waals surface area (Å²) in [5.41, 5.74) is 2.93. The molecule has 1 heterocycles. The van der Waals surface area contributed by atoms with Gasteiger partial charge in [-0.1, -0.05) is 42.5 Å². The Labute approximate surface area is 192 Å². The van der Waals surface area contributed by atoms with Gasteiger partial charge in [0, 0.05) is 26.2 Å². The number of carbonyl (C=O) groups is 2. The fourth-order valence-electron chi connectivity index (χ4n) is 4.64. The number of carbonyl (C=O) groups excluding carboxylic acids is 2. The maximum Gasteiger partial charge on any atom is 0.339 e. The van der Waals surface area contributed by atoms with Crippen molar-refractivity contribution >= 4 is 32.7 Å². The minimum atomic E-state index is -3.59. The minimum Gasteiger partial charge on any atom is -0.452 e. The summed E-state index contributed by atoms with van der Waals surface area (Å²) < 4.78 is 32.2. The summed E-state index contributed by atoms with van der Waals surface area (Å²) in [5, 5.41) is 1.98. The fourth-order valence-corrected chi connectivity index (χ4v) is 6.08. The largest absolute Gasteiger partial charge is 0.452 e. The van der Waals surface area contributed by atoms with Crippen LogP contribution in [-0.2, 0) is 32.4 Å². The van der Waals surface area contributed by atoms with Crippen LogP contribution in [0, 0.1) is 0 Å². The first kappa shape index (κ1) is 21.6. The molecule has 0 bridgehead atoms. The van der Waals surface area contributed by atoms with Crippen LogP contribution in [0.15, 0.2) is 65.6 Å². The molecule has 0 aromatic heterocycles. The first-order chi connectivity index (χ1) is 15.9. The Bertz CT molecular complexity index is 1320. The van der Waals surface area contributed by atoms with Crippen molar-refractivity contribution in [1.29, 1.82) is 0 Å². The number of ether oxygens (including phenoxy) is 1. The molecule has 3 aromatic carbocycles. The fraction of sp³-hybridized carbons (Fsp3) is 0.280. The summed E-state index contributed by atoms with van der Waals surface area (Å²) in [5.74, 6) is -0.852. The Morgan fingerprint density at radius 3 is 2.24 bits per heavy atom. The second-order valence-corrected chi connectivity index (χ2v) is 10.2. The van der Waals surface area contributed by atoms with Crippen LogP contribution in [0.4, 0.5) is 0 Å². The standard InChI is InChI=1S/C25H24N2O5S/c28-23(26-13-15-27(16-14-26)33(30,31)20-6-2-1-3-7-20)17-32-25(29)22-12-11-19-10-9-18-5-4-8-21(22)24(18)19/h1-8,11-12H,9-10,13-17H2. The van der Waals surface area contributed by atoms with E-state index in [0.717, 1.165) is 23.6 Å². The van der Waals surface area contributed by atoms with Gasteiger partial charge in [-0.2, -0.15) is 4.31 Å². The Hall–Kier alpha value is -3.23. The quantitative estimate of drug-likeness (QED) is 0.542. The van der Waals surface area contributed by atoms with E-state index in [9.17, 15) is 18.0 Å². The summed E-state index contributed by atoms with van der Waals surface area (Å²) in [4.78, 5) is 27.2. The molecule has 1 aliphatic carbocycles. The van der Waals surface area contributed by atoms with E-state index in [1.807, 2.05) is 18.2 Å². The molecule has 1 fully saturated rings. The highest BCUT2D eigenvalue weighted by atomic mass is 32.2. The monoisotopic (exact) mass is 464 g/mol. The van der Waals surface area contributed by atoms with Crippen LogP contribution in [-0.4, -0.2) is 62.3 Å². The molecule has 2 aliphatic rings. The SMILES string of the molecule is O=C(OCC(=O)N1CCN(S(=O)(=O)c2ccccc2)CC1)c1ccc2c3c(cccc13)CC2. The molecule has 33 heavy (non-hydrogen) atoms. The molecule has 5 rings (SSSR count). The van der Waals surface area contributed by atoms with Crippen molar-refractivity contribution in [1.82, 2.24) is 9.21 Å². The number of sulfonamides is 1. The number of nitrogens with zero attached hydrogens (tertiary/aromatic N) is 2. The summed E-state index contributed by atoms with van der Waals surface area (Å²) in [6.45, 7) is 0.539. The summed E-state index contributed by atoms with van der Waals surface area (Å²) in [6, 6.07) is 17.9. The van der Waals surface area contributed by atoms with Gasteiger partial charge in [0.1, 0.15) is 0 Å². The summed E-state index contributed by atoms with van der Waals surface area (Å²) >= 11 is 0. The van der Waals surface area contributed by atoms with Crippen LogP contribution in [0.25, 0.3) is 10.8 Å². The lowest BCUT2D eigenvalue weighted by Crippen LogP contribution is -2.51. The van der Waals surface area contributed by atoms with Gasteiger partial charge in [0.2, 0.25) is 10.0 Å². The molecule has 0 unspecified atom stereocenters. The predicted molar refractivity (Wildman–Crippen MR) is 123 cm³/mol. The second-order valence-electron chi connectivity index (χ2n) is 8.29. The number of amides is 1. The van der Waals surface area contributed by atoms with E-state index in [4.69, 9.17) is 4.74 Å². The average Bonchev–Trinajstić information content (AvgIpc) is 3.28. The van der Waals surface area contributed by atoms with Crippen molar-refractivity contribution in [2.24, 2.45) is 0 Å². The molecule has 0 N–H and O–H groups in total. The summed E-state index contributed by atoms with van der Waals surface area (Å²) in [7, 11) is -3.59. The molecular formula is C25H24N2O5S. The van der Waals surface area contributed by atoms with Gasteiger partial charge in [-0.05, 0) is 52.9 Å². The van der Waals surface area contributed by atoms with E-state index in [-0.39, 0.29) is 43.6 Å². The van der Waals surface area contributed by atoms with Gasteiger partial charge >= 0.3 is 5.97 Å². The molecule has 8 heteroatoms. The van der Waals surface area contributed by atoms with Crippen LogP contribution in [0.2, 0.25) is 0 Å². The van der Waals surface area contributed by atoms with Gasteiger partial charge in [0.15, 0.2) is 6.61 Å². The Morgan fingerprint density at radius 2 is 1.52 bits per heavy atom. The van der Waals surface area contributed by atoms with E-state index in [0.29, 0.717) is 5.56 Å². The third kappa shape index (κ3) is 4.00. The van der Waals surface area contributed by atoms with Gasteiger partial charge in [0.05, 0.1) is 10.5 Å². The highest BCUT2D eigenvalue weighted by Crippen LogP contribution is 2.33. The van der Waals surface area contributed by atoms with Crippen LogP contribution in [0.1, 0.15) is 21.5 Å². The number of piperazine rings is 1. The lowest BCUT2D eigenvalue weighted by Gasteiger charge is -2.33. The molecule has 1 aliphatic heterocycles. The molecule has 3 aromatic rings. The molecule has 7 nitrogen and oxygen atoms in total. The lowest BCUT2D eigenvalue weighted by molar-refractivity contribution is -0.135. The van der Waals surface area contributed by atoms with E-state index in [1.165, 1.54) is 20.3 Å². The second kappa shape index (κ2) is 8.61. The van der Waals surface area contributed by atoms with Crippen molar-refractivity contribution in [3.63, 3.8) is 0 Å². The van der Waals surface area contributed by atoms with Crippen molar-refractivity contribution in [3.05, 3.63) is 77.4 Å². The number of hydrogen-bond donors (Lipinski definition) is 0. The molecule has 0 atom stereocenters. The maximum atomic E-state index is 12.7. The van der Waals surface area contributed by atoms with Crippen molar-refractivity contribution in [3.8, 4) is 0 Å². The van der Waals surface area contributed by atoms with E-state index in [2.05, 4.69) is 6.07 Å². The highest BCUT2D eigenvalue weighted by Gasteiger charge is 2.30. The topological polar surface area (TPSA) is 84.0 Å². The van der Waals surface area contributed by atoms with Crippen molar-refractivity contribution in [2.75, 3.05) is 32.8 Å². The first-order valence-corrected chi connectivity index (χ1v) is 12.4. The predicted octanol–water partition coefficient (Wildman–Crippen LogP) is 2.63. The van der Waals surface area contributed by atoms with Crippen LogP contribution >= 0.6 is 0 Å². The van der Waals surface area contributed by atoms with Gasteiger partial charge in [-0.15, -0.1) is 0 Å². The number of esters is 1. The van der Waals surface area contributed by atoms with Crippen LogP contribution in [0.5, 0.6) is 0 Å². The number of hydrogen-bond acceptors (Lipinski definition) is 5. The van der Waals surface area contributed by atoms with Gasteiger partial charge in [0.25, 0.3) is 5.91 Å². The van der Waals surface area contributed by atoms with Gasteiger partial charge in [-0.25, -0.2) is 13.2 Å². The van der Waals surface area contributed by atoms with Crippen LogP contribution < -0.4 is 0 Å². The normalized spacial score (nSPS) is 16.2. The number of aryl methyl sites for hydroxylation is 2. The van der Waals surface area contributed by atoms with Gasteiger partial charge < -0.3 is 9.64 Å². The molecular weight excluding hydrogens is 440 g/mol. The molecule has 1 saturated heterocycles. The Balaban J connectivity index is 1.20. The molecule has 1 amide bonds. The van der Waals surface area contributed by atoms with Crippen LogP contribution in [0.3, 0.4) is 0 Å². The van der Waals surface area contributed by atoms with Crippen molar-refractivity contribution < 1.29 is 22.7 Å². The molecule has 0 saturated carbocycles. The number of benzene rings is 3. The first-order valence-electron chi connectivity index (χ1n) is 11.0. The third-order valence-corrected chi connectivity index (χ3v) is 8.31. The van der Waals surface area contributed by atoms with E-state index in [1.54, 1.807) is 36.4 Å². The zero-order valence-corrected chi connectivity index (χ0v) is 18.9. The van der Waals surface area contributed by atoms with E-state index < -0.39 is 16.0 Å². The van der Waals surface area contributed by atoms with E-state index >= 15 is 0 Å². The summed E-state index contributed by atoms with van der Waals surface area (Å²) in [6.07, 6.45) is 1.94. The molecule has 0 radical (unpaired) electrons. The number of rotatable bonds is 5.